The van der Waals surface area contributed by atoms with Crippen LogP contribution in [0.25, 0.3) is 0 Å². The summed E-state index contributed by atoms with van der Waals surface area (Å²) in [4.78, 5) is 39.6. The number of rotatable bonds is 42. The van der Waals surface area contributed by atoms with Gasteiger partial charge in [-0.15, -0.1) is 0 Å². The molecule has 0 fully saturated rings. The molecule has 0 aliphatic carbocycles. The Balaban J connectivity index is 4.92. The Morgan fingerprint density at radius 3 is 1.11 bits per heavy atom. The summed E-state index contributed by atoms with van der Waals surface area (Å²) < 4.78 is 11.3. The number of carbonyl (C=O) groups excluding carboxylic acids is 3. The zero-order valence-electron chi connectivity index (χ0n) is 36.3. The predicted octanol–water partition coefficient (Wildman–Crippen LogP) is 9.75. The van der Waals surface area contributed by atoms with Crippen molar-refractivity contribution in [2.24, 2.45) is 0 Å². The van der Waals surface area contributed by atoms with Crippen molar-refractivity contribution in [3.05, 3.63) is 0 Å². The van der Waals surface area contributed by atoms with Crippen molar-refractivity contribution in [2.45, 2.75) is 263 Å². The first-order chi connectivity index (χ1) is 27.1. The monoisotopic (exact) mass is 801 g/mol. The molecule has 5 N–H and O–H groups in total. The molecule has 1 unspecified atom stereocenters. The number of aliphatic hydroxyl groups is 5. The number of ether oxygens (including phenoxy) is 2. The number of esters is 2. The second kappa shape index (κ2) is 37.7. The average Bonchev–Trinajstić information content (AvgIpc) is 3.18. The fourth-order valence-corrected chi connectivity index (χ4v) is 7.53. The van der Waals surface area contributed by atoms with Gasteiger partial charge in [-0.05, 0) is 19.8 Å². The van der Waals surface area contributed by atoms with Crippen molar-refractivity contribution in [3.63, 3.8) is 0 Å². The van der Waals surface area contributed by atoms with Crippen molar-refractivity contribution in [1.29, 1.82) is 0 Å². The fourth-order valence-electron chi connectivity index (χ4n) is 7.53. The summed E-state index contributed by atoms with van der Waals surface area (Å²) >= 11 is 0. The molecular formula is C46H88O10. The van der Waals surface area contributed by atoms with E-state index in [0.29, 0.717) is 12.8 Å². The standard InChI is InChI=1S/C46H88O10/c1-4-6-8-10-12-14-16-18-20-22-24-26-28-30-32-34-42(52)55-45(44(54)41(51)38-48)46(39(3)49,36-40(50)37-47)56-43(53)35-33-31-29-27-25-23-21-19-17-15-13-11-9-7-5-2/h40-41,44-45,47-48,50-51,54H,4-38H2,1-3H3/t40?,41-,44-,45+,46+/m1/s1. The first-order valence-electron chi connectivity index (χ1n) is 23.3. The second-order valence-electron chi connectivity index (χ2n) is 16.5. The van der Waals surface area contributed by atoms with Crippen molar-refractivity contribution in [3.8, 4) is 0 Å². The van der Waals surface area contributed by atoms with E-state index in [1.54, 1.807) is 0 Å². The van der Waals surface area contributed by atoms with E-state index in [1.807, 2.05) is 0 Å². The van der Waals surface area contributed by atoms with E-state index in [4.69, 9.17) is 9.47 Å². The van der Waals surface area contributed by atoms with Crippen LogP contribution in [0, 0.1) is 0 Å². The molecule has 0 saturated carbocycles. The number of hydrogen-bond donors (Lipinski definition) is 5. The first-order valence-corrected chi connectivity index (χ1v) is 23.3. The Hall–Kier alpha value is -1.59. The lowest BCUT2D eigenvalue weighted by molar-refractivity contribution is -0.214. The first kappa shape index (κ1) is 54.4. The van der Waals surface area contributed by atoms with Gasteiger partial charge in [-0.2, -0.15) is 0 Å². The van der Waals surface area contributed by atoms with Crippen LogP contribution in [-0.2, 0) is 23.9 Å². The smallest absolute Gasteiger partial charge is 0.306 e. The summed E-state index contributed by atoms with van der Waals surface area (Å²) in [6, 6.07) is 0. The van der Waals surface area contributed by atoms with Crippen LogP contribution in [0.5, 0.6) is 0 Å². The van der Waals surface area contributed by atoms with E-state index in [9.17, 15) is 39.9 Å². The van der Waals surface area contributed by atoms with E-state index >= 15 is 0 Å². The van der Waals surface area contributed by atoms with Gasteiger partial charge in [0.2, 0.25) is 5.60 Å². The van der Waals surface area contributed by atoms with Crippen LogP contribution in [-0.4, -0.2) is 86.5 Å². The summed E-state index contributed by atoms with van der Waals surface area (Å²) in [6.07, 6.45) is 26.9. The Bertz CT molecular complexity index is 930. The number of carbonyl (C=O) groups is 3. The van der Waals surface area contributed by atoms with E-state index in [0.717, 1.165) is 58.3 Å². The molecule has 0 amide bonds. The highest BCUT2D eigenvalue weighted by Gasteiger charge is 2.55. The molecule has 56 heavy (non-hydrogen) atoms. The van der Waals surface area contributed by atoms with Gasteiger partial charge in [0, 0.05) is 19.3 Å². The third-order valence-electron chi connectivity index (χ3n) is 11.2. The minimum Gasteiger partial charge on any atom is -0.455 e. The molecule has 10 heteroatoms. The van der Waals surface area contributed by atoms with Crippen molar-refractivity contribution in [1.82, 2.24) is 0 Å². The maximum absolute atomic E-state index is 13.3. The van der Waals surface area contributed by atoms with E-state index < -0.39 is 67.4 Å². The molecule has 0 spiro atoms. The van der Waals surface area contributed by atoms with Gasteiger partial charge in [-0.1, -0.05) is 194 Å². The van der Waals surface area contributed by atoms with Gasteiger partial charge in [-0.25, -0.2) is 0 Å². The van der Waals surface area contributed by atoms with E-state index in [-0.39, 0.29) is 12.8 Å². The molecule has 0 aromatic rings. The Morgan fingerprint density at radius 1 is 0.482 bits per heavy atom. The molecular weight excluding hydrogens is 712 g/mol. The van der Waals surface area contributed by atoms with Gasteiger partial charge in [-0.3, -0.25) is 14.4 Å². The third-order valence-corrected chi connectivity index (χ3v) is 11.2. The zero-order chi connectivity index (χ0) is 41.7. The van der Waals surface area contributed by atoms with Crippen LogP contribution in [0.2, 0.25) is 0 Å². The number of unbranched alkanes of at least 4 members (excludes halogenated alkanes) is 28. The summed E-state index contributed by atoms with van der Waals surface area (Å²) in [5.74, 6) is -2.38. The number of hydrogen-bond acceptors (Lipinski definition) is 10. The average molecular weight is 801 g/mol. The molecule has 0 radical (unpaired) electrons. The molecule has 0 aromatic heterocycles. The van der Waals surface area contributed by atoms with Gasteiger partial charge >= 0.3 is 11.9 Å². The highest BCUT2D eigenvalue weighted by molar-refractivity contribution is 5.89. The molecule has 0 bridgehead atoms. The van der Waals surface area contributed by atoms with Gasteiger partial charge in [0.1, 0.15) is 12.2 Å². The summed E-state index contributed by atoms with van der Waals surface area (Å²) in [6.45, 7) is 3.86. The SMILES string of the molecule is CCCCCCCCCCCCCCCCCC(=O)O[C@@H]([C@H](O)[C@H](O)CO)[C@@](CC(O)CO)(OC(=O)CCCCCCCCCCCCCCCCC)C(C)=O. The van der Waals surface area contributed by atoms with Gasteiger partial charge in [0.05, 0.1) is 19.3 Å². The lowest BCUT2D eigenvalue weighted by Crippen LogP contribution is -2.62. The highest BCUT2D eigenvalue weighted by Crippen LogP contribution is 2.32. The van der Waals surface area contributed by atoms with Gasteiger partial charge < -0.3 is 35.0 Å². The van der Waals surface area contributed by atoms with Gasteiger partial charge in [0.25, 0.3) is 0 Å². The topological polar surface area (TPSA) is 171 Å². The van der Waals surface area contributed by atoms with E-state index in [1.165, 1.54) is 128 Å². The number of Topliss-reactive ketones (excluding diaryl/α,β-unsaturated/α-hetero) is 1. The van der Waals surface area contributed by atoms with Crippen molar-refractivity contribution >= 4 is 17.7 Å². The van der Waals surface area contributed by atoms with Crippen LogP contribution in [0.1, 0.15) is 233 Å². The van der Waals surface area contributed by atoms with Crippen molar-refractivity contribution in [2.75, 3.05) is 13.2 Å². The van der Waals surface area contributed by atoms with E-state index in [2.05, 4.69) is 13.8 Å². The van der Waals surface area contributed by atoms with Crippen LogP contribution < -0.4 is 0 Å². The van der Waals surface area contributed by atoms with Crippen LogP contribution in [0.15, 0.2) is 0 Å². The Labute approximate surface area is 342 Å². The second-order valence-corrected chi connectivity index (χ2v) is 16.5. The number of ketones is 1. The molecule has 0 rings (SSSR count). The molecule has 10 nitrogen and oxygen atoms in total. The van der Waals surface area contributed by atoms with Crippen LogP contribution in [0.4, 0.5) is 0 Å². The highest BCUT2D eigenvalue weighted by atomic mass is 16.6. The third kappa shape index (κ3) is 27.9. The number of aliphatic hydroxyl groups excluding tert-OH is 5. The molecule has 332 valence electrons. The minimum absolute atomic E-state index is 0.0275. The lowest BCUT2D eigenvalue weighted by Gasteiger charge is -2.41. The Morgan fingerprint density at radius 2 is 0.804 bits per heavy atom. The van der Waals surface area contributed by atoms with Gasteiger partial charge in [0.15, 0.2) is 11.9 Å². The maximum atomic E-state index is 13.3. The molecule has 0 aromatic carbocycles. The molecule has 0 aliphatic heterocycles. The zero-order valence-corrected chi connectivity index (χ0v) is 36.3. The molecule has 0 aliphatic rings. The summed E-state index contributed by atoms with van der Waals surface area (Å²) in [5, 5.41) is 51.2. The lowest BCUT2D eigenvalue weighted by atomic mass is 9.81. The largest absolute Gasteiger partial charge is 0.455 e. The van der Waals surface area contributed by atoms with Crippen LogP contribution >= 0.6 is 0 Å². The quantitative estimate of drug-likeness (QED) is 0.0296. The minimum atomic E-state index is -2.39. The normalized spacial score (nSPS) is 14.9. The molecule has 5 atom stereocenters. The summed E-state index contributed by atoms with van der Waals surface area (Å²) in [5.41, 5.74) is -2.39. The summed E-state index contributed by atoms with van der Waals surface area (Å²) in [7, 11) is 0. The van der Waals surface area contributed by atoms with Crippen molar-refractivity contribution < 1.29 is 49.4 Å². The molecule has 0 saturated heterocycles. The molecule has 0 heterocycles. The Kier molecular flexibility index (Phi) is 36.6. The fraction of sp³-hybridized carbons (Fsp3) is 0.935. The predicted molar refractivity (Wildman–Crippen MR) is 225 cm³/mol. The van der Waals surface area contributed by atoms with Crippen LogP contribution in [0.3, 0.4) is 0 Å². The maximum Gasteiger partial charge on any atom is 0.306 e.